The third-order valence-corrected chi connectivity index (χ3v) is 3.27. The molecular weight excluding hydrogens is 194 g/mol. The molecule has 14 heavy (non-hydrogen) atoms. The van der Waals surface area contributed by atoms with Crippen LogP contribution in [-0.2, 0) is 0 Å². The molecule has 0 aromatic carbocycles. The minimum Gasteiger partial charge on any atom is -0.465 e. The zero-order chi connectivity index (χ0) is 10.6. The molecule has 80 valence electrons. The second kappa shape index (κ2) is 5.47. The summed E-state index contributed by atoms with van der Waals surface area (Å²) in [4.78, 5) is 0. The van der Waals surface area contributed by atoms with Crippen molar-refractivity contribution in [1.29, 1.82) is 0 Å². The van der Waals surface area contributed by atoms with Crippen LogP contribution in [0.5, 0.6) is 0 Å². The Labute approximate surface area is 90.5 Å². The smallest absolute Gasteiger partial charge is 0.120 e. The first-order valence-corrected chi connectivity index (χ1v) is 6.24. The molecular formula is C11H19NOS. The first kappa shape index (κ1) is 11.7. The summed E-state index contributed by atoms with van der Waals surface area (Å²) in [6.45, 7) is 7.34. The monoisotopic (exact) mass is 213 g/mol. The summed E-state index contributed by atoms with van der Waals surface area (Å²) in [7, 11) is 0. The maximum Gasteiger partial charge on any atom is 0.120 e. The molecule has 2 nitrogen and oxygen atoms in total. The predicted molar refractivity (Wildman–Crippen MR) is 62.8 cm³/mol. The standard InChI is InChI=1S/C11H19NOS/c1-8-5-6-11(13-8)10(3)12-7-9(2)14-4/h5-6,9-10,12H,7H2,1-4H3. The normalized spacial score (nSPS) is 15.4. The van der Waals surface area contributed by atoms with Gasteiger partial charge in [0.2, 0.25) is 0 Å². The summed E-state index contributed by atoms with van der Waals surface area (Å²) in [5.74, 6) is 2.00. The highest BCUT2D eigenvalue weighted by Gasteiger charge is 2.09. The van der Waals surface area contributed by atoms with Gasteiger partial charge in [-0.25, -0.2) is 0 Å². The molecule has 0 saturated carbocycles. The molecule has 1 aromatic heterocycles. The number of hydrogen-bond acceptors (Lipinski definition) is 3. The van der Waals surface area contributed by atoms with Crippen LogP contribution in [0, 0.1) is 6.92 Å². The Bertz CT molecular complexity index is 272. The van der Waals surface area contributed by atoms with E-state index in [1.54, 1.807) is 0 Å². The van der Waals surface area contributed by atoms with Gasteiger partial charge in [0.15, 0.2) is 0 Å². The molecule has 0 aliphatic rings. The van der Waals surface area contributed by atoms with Crippen molar-refractivity contribution in [2.75, 3.05) is 12.8 Å². The molecule has 0 aliphatic carbocycles. The Morgan fingerprint density at radius 1 is 1.43 bits per heavy atom. The van der Waals surface area contributed by atoms with Crippen LogP contribution in [0.3, 0.4) is 0 Å². The van der Waals surface area contributed by atoms with Gasteiger partial charge in [-0.15, -0.1) is 0 Å². The van der Waals surface area contributed by atoms with Crippen LogP contribution in [0.2, 0.25) is 0 Å². The lowest BCUT2D eigenvalue weighted by Gasteiger charge is -2.14. The van der Waals surface area contributed by atoms with Crippen LogP contribution in [0.1, 0.15) is 31.4 Å². The SMILES string of the molecule is CSC(C)CNC(C)c1ccc(C)o1. The maximum absolute atomic E-state index is 5.54. The van der Waals surface area contributed by atoms with Crippen LogP contribution in [0.15, 0.2) is 16.5 Å². The highest BCUT2D eigenvalue weighted by atomic mass is 32.2. The van der Waals surface area contributed by atoms with Gasteiger partial charge >= 0.3 is 0 Å². The van der Waals surface area contributed by atoms with Crippen LogP contribution in [0.4, 0.5) is 0 Å². The first-order chi connectivity index (χ1) is 6.63. The highest BCUT2D eigenvalue weighted by Crippen LogP contribution is 2.16. The van der Waals surface area contributed by atoms with E-state index in [1.165, 1.54) is 0 Å². The Kier molecular flexibility index (Phi) is 4.55. The third kappa shape index (κ3) is 3.39. The van der Waals surface area contributed by atoms with Gasteiger partial charge in [-0.05, 0) is 32.2 Å². The maximum atomic E-state index is 5.54. The Morgan fingerprint density at radius 3 is 2.64 bits per heavy atom. The van der Waals surface area contributed by atoms with Crippen LogP contribution in [-0.4, -0.2) is 18.1 Å². The number of thioether (sulfide) groups is 1. The minimum atomic E-state index is 0.304. The highest BCUT2D eigenvalue weighted by molar-refractivity contribution is 7.99. The van der Waals surface area contributed by atoms with E-state index in [1.807, 2.05) is 30.8 Å². The summed E-state index contributed by atoms with van der Waals surface area (Å²) < 4.78 is 5.54. The fraction of sp³-hybridized carbons (Fsp3) is 0.636. The molecule has 0 aliphatic heterocycles. The van der Waals surface area contributed by atoms with Crippen molar-refractivity contribution in [2.45, 2.75) is 32.1 Å². The number of furan rings is 1. The summed E-state index contributed by atoms with van der Waals surface area (Å²) in [5, 5.41) is 4.10. The van der Waals surface area contributed by atoms with E-state index in [0.717, 1.165) is 18.1 Å². The molecule has 0 spiro atoms. The average Bonchev–Trinajstić information content (AvgIpc) is 2.60. The van der Waals surface area contributed by atoms with Crippen molar-refractivity contribution in [1.82, 2.24) is 5.32 Å². The summed E-state index contributed by atoms with van der Waals surface area (Å²) in [5.41, 5.74) is 0. The Hall–Kier alpha value is -0.410. The lowest BCUT2D eigenvalue weighted by atomic mass is 10.2. The molecule has 1 N–H and O–H groups in total. The fourth-order valence-electron chi connectivity index (χ4n) is 1.21. The van der Waals surface area contributed by atoms with E-state index in [9.17, 15) is 0 Å². The lowest BCUT2D eigenvalue weighted by Crippen LogP contribution is -2.25. The van der Waals surface area contributed by atoms with Gasteiger partial charge < -0.3 is 9.73 Å². The van der Waals surface area contributed by atoms with Gasteiger partial charge in [0.05, 0.1) is 6.04 Å². The molecule has 1 heterocycles. The Morgan fingerprint density at radius 2 is 2.14 bits per heavy atom. The average molecular weight is 213 g/mol. The Balaban J connectivity index is 2.39. The second-order valence-corrected chi connectivity index (χ2v) is 4.90. The number of hydrogen-bond donors (Lipinski definition) is 1. The van der Waals surface area contributed by atoms with Crippen molar-refractivity contribution < 1.29 is 4.42 Å². The second-order valence-electron chi connectivity index (χ2n) is 3.62. The van der Waals surface area contributed by atoms with Crippen molar-refractivity contribution in [3.8, 4) is 0 Å². The van der Waals surface area contributed by atoms with E-state index in [4.69, 9.17) is 4.42 Å². The summed E-state index contributed by atoms with van der Waals surface area (Å²) in [6, 6.07) is 4.35. The van der Waals surface area contributed by atoms with E-state index >= 15 is 0 Å². The molecule has 1 aromatic rings. The van der Waals surface area contributed by atoms with Gasteiger partial charge in [-0.1, -0.05) is 6.92 Å². The lowest BCUT2D eigenvalue weighted by molar-refractivity contribution is 0.418. The first-order valence-electron chi connectivity index (χ1n) is 4.96. The van der Waals surface area contributed by atoms with E-state index in [2.05, 4.69) is 25.4 Å². The van der Waals surface area contributed by atoms with Gasteiger partial charge in [0.1, 0.15) is 11.5 Å². The van der Waals surface area contributed by atoms with Gasteiger partial charge in [-0.2, -0.15) is 11.8 Å². The summed E-state index contributed by atoms with van der Waals surface area (Å²) >= 11 is 1.87. The van der Waals surface area contributed by atoms with Crippen molar-refractivity contribution in [3.63, 3.8) is 0 Å². The molecule has 0 fully saturated rings. The fourth-order valence-corrected chi connectivity index (χ4v) is 1.48. The molecule has 0 bridgehead atoms. The number of nitrogens with one attached hydrogen (secondary N) is 1. The molecule has 1 rings (SSSR count). The molecule has 0 amide bonds. The quantitative estimate of drug-likeness (QED) is 0.814. The van der Waals surface area contributed by atoms with Gasteiger partial charge in [0, 0.05) is 11.8 Å². The van der Waals surface area contributed by atoms with Crippen LogP contribution < -0.4 is 5.32 Å². The summed E-state index contributed by atoms with van der Waals surface area (Å²) in [6.07, 6.45) is 2.13. The van der Waals surface area contributed by atoms with Gasteiger partial charge in [-0.3, -0.25) is 0 Å². The molecule has 2 unspecified atom stereocenters. The van der Waals surface area contributed by atoms with E-state index < -0.39 is 0 Å². The van der Waals surface area contributed by atoms with Crippen molar-refractivity contribution in [2.24, 2.45) is 0 Å². The topological polar surface area (TPSA) is 25.2 Å². The van der Waals surface area contributed by atoms with Gasteiger partial charge in [0.25, 0.3) is 0 Å². The molecule has 0 radical (unpaired) electrons. The zero-order valence-electron chi connectivity index (χ0n) is 9.33. The largest absolute Gasteiger partial charge is 0.465 e. The molecule has 2 atom stereocenters. The zero-order valence-corrected chi connectivity index (χ0v) is 10.1. The van der Waals surface area contributed by atoms with E-state index in [0.29, 0.717) is 11.3 Å². The van der Waals surface area contributed by atoms with E-state index in [-0.39, 0.29) is 0 Å². The molecule has 0 saturated heterocycles. The number of aryl methyl sites for hydroxylation is 1. The predicted octanol–water partition coefficient (Wildman–Crippen LogP) is 2.99. The number of rotatable bonds is 5. The minimum absolute atomic E-state index is 0.304. The molecule has 3 heteroatoms. The van der Waals surface area contributed by atoms with Crippen LogP contribution >= 0.6 is 11.8 Å². The third-order valence-electron chi connectivity index (χ3n) is 2.30. The van der Waals surface area contributed by atoms with Crippen molar-refractivity contribution >= 4 is 11.8 Å². The van der Waals surface area contributed by atoms with Crippen LogP contribution in [0.25, 0.3) is 0 Å². The van der Waals surface area contributed by atoms with Crippen molar-refractivity contribution in [3.05, 3.63) is 23.7 Å².